The molecule has 27 heavy (non-hydrogen) atoms. The summed E-state index contributed by atoms with van der Waals surface area (Å²) in [6, 6.07) is 13.1. The summed E-state index contributed by atoms with van der Waals surface area (Å²) in [7, 11) is 4.55. The maximum absolute atomic E-state index is 12.9. The molecular formula is C21H20N2O4. The number of hydrogen-bond acceptors (Lipinski definition) is 5. The van der Waals surface area contributed by atoms with Crippen molar-refractivity contribution in [3.05, 3.63) is 53.1 Å². The van der Waals surface area contributed by atoms with E-state index in [9.17, 15) is 10.1 Å². The molecule has 0 fully saturated rings. The molecule has 0 spiro atoms. The van der Waals surface area contributed by atoms with Gasteiger partial charge in [-0.1, -0.05) is 18.2 Å². The summed E-state index contributed by atoms with van der Waals surface area (Å²) >= 11 is 0. The number of fused-ring (bicyclic) bond motifs is 1. The van der Waals surface area contributed by atoms with Crippen molar-refractivity contribution in [3.8, 4) is 23.3 Å². The number of carbonyl (C=O) groups is 1. The summed E-state index contributed by atoms with van der Waals surface area (Å²) in [6.07, 6.45) is 2.32. The van der Waals surface area contributed by atoms with E-state index in [1.54, 1.807) is 17.0 Å². The monoisotopic (exact) mass is 364 g/mol. The van der Waals surface area contributed by atoms with E-state index in [1.165, 1.54) is 27.4 Å². The van der Waals surface area contributed by atoms with Crippen molar-refractivity contribution in [3.63, 3.8) is 0 Å². The Morgan fingerprint density at radius 3 is 2.37 bits per heavy atom. The zero-order valence-electron chi connectivity index (χ0n) is 15.5. The summed E-state index contributed by atoms with van der Waals surface area (Å²) in [5, 5.41) is 9.57. The van der Waals surface area contributed by atoms with Crippen LogP contribution in [0.3, 0.4) is 0 Å². The predicted molar refractivity (Wildman–Crippen MR) is 102 cm³/mol. The van der Waals surface area contributed by atoms with Crippen LogP contribution in [0.2, 0.25) is 0 Å². The van der Waals surface area contributed by atoms with Crippen LogP contribution in [0.1, 0.15) is 11.1 Å². The molecule has 1 aliphatic rings. The highest BCUT2D eigenvalue weighted by Crippen LogP contribution is 2.39. The highest BCUT2D eigenvalue weighted by molar-refractivity contribution is 6.12. The van der Waals surface area contributed by atoms with Crippen LogP contribution in [0.5, 0.6) is 17.2 Å². The Kier molecular flexibility index (Phi) is 5.32. The lowest BCUT2D eigenvalue weighted by molar-refractivity contribution is -0.114. The van der Waals surface area contributed by atoms with E-state index in [2.05, 4.69) is 0 Å². The Bertz CT molecular complexity index is 918. The van der Waals surface area contributed by atoms with Gasteiger partial charge in [0.05, 0.1) is 21.3 Å². The van der Waals surface area contributed by atoms with Crippen molar-refractivity contribution in [2.45, 2.75) is 6.42 Å². The van der Waals surface area contributed by atoms with Gasteiger partial charge in [-0.15, -0.1) is 0 Å². The molecule has 0 N–H and O–H groups in total. The number of benzene rings is 2. The normalized spacial score (nSPS) is 13.0. The van der Waals surface area contributed by atoms with Crippen LogP contribution in [0.4, 0.5) is 5.69 Å². The van der Waals surface area contributed by atoms with Gasteiger partial charge in [-0.05, 0) is 41.8 Å². The molecule has 1 aliphatic heterocycles. The molecule has 0 bridgehead atoms. The Labute approximate surface area is 158 Å². The van der Waals surface area contributed by atoms with Crippen LogP contribution < -0.4 is 19.1 Å². The molecule has 0 radical (unpaired) electrons. The highest BCUT2D eigenvalue weighted by atomic mass is 16.5. The molecule has 1 amide bonds. The van der Waals surface area contributed by atoms with Gasteiger partial charge >= 0.3 is 0 Å². The summed E-state index contributed by atoms with van der Waals surface area (Å²) in [5.74, 6) is 1.05. The lowest BCUT2D eigenvalue weighted by Gasteiger charge is -2.17. The zero-order chi connectivity index (χ0) is 19.4. The third kappa shape index (κ3) is 3.44. The first-order valence-electron chi connectivity index (χ1n) is 8.44. The summed E-state index contributed by atoms with van der Waals surface area (Å²) in [4.78, 5) is 14.6. The number of amides is 1. The van der Waals surface area contributed by atoms with E-state index in [0.717, 1.165) is 17.7 Å². The number of nitrogens with zero attached hydrogens (tertiary/aromatic N) is 2. The number of rotatable bonds is 5. The van der Waals surface area contributed by atoms with Crippen molar-refractivity contribution >= 4 is 17.7 Å². The van der Waals surface area contributed by atoms with Crippen LogP contribution in [0.15, 0.2) is 42.0 Å². The Hall–Kier alpha value is -3.46. The quantitative estimate of drug-likeness (QED) is 0.602. The fraction of sp³-hybridized carbons (Fsp3) is 0.238. The van der Waals surface area contributed by atoms with Gasteiger partial charge in [-0.25, -0.2) is 0 Å². The van der Waals surface area contributed by atoms with Crippen molar-refractivity contribution < 1.29 is 19.0 Å². The Morgan fingerprint density at radius 1 is 1.11 bits per heavy atom. The molecule has 0 atom stereocenters. The fourth-order valence-electron chi connectivity index (χ4n) is 3.19. The molecule has 1 heterocycles. The smallest absolute Gasteiger partial charge is 0.268 e. The van der Waals surface area contributed by atoms with Crippen LogP contribution in [0.25, 0.3) is 6.08 Å². The molecular weight excluding hydrogens is 344 g/mol. The molecule has 0 unspecified atom stereocenters. The molecule has 2 aromatic carbocycles. The first-order valence-corrected chi connectivity index (χ1v) is 8.44. The van der Waals surface area contributed by atoms with Crippen LogP contribution in [-0.4, -0.2) is 33.8 Å². The number of ether oxygens (including phenoxy) is 3. The fourth-order valence-corrected chi connectivity index (χ4v) is 3.19. The minimum atomic E-state index is -0.323. The van der Waals surface area contributed by atoms with Crippen molar-refractivity contribution in [1.29, 1.82) is 5.26 Å². The van der Waals surface area contributed by atoms with Crippen LogP contribution in [-0.2, 0) is 11.2 Å². The van der Waals surface area contributed by atoms with Gasteiger partial charge in [0, 0.05) is 12.2 Å². The van der Waals surface area contributed by atoms with E-state index < -0.39 is 0 Å². The van der Waals surface area contributed by atoms with E-state index in [1.807, 2.05) is 30.3 Å². The van der Waals surface area contributed by atoms with Crippen LogP contribution in [0, 0.1) is 11.3 Å². The number of methoxy groups -OCH3 is 3. The second-order valence-electron chi connectivity index (χ2n) is 5.96. The topological polar surface area (TPSA) is 71.8 Å². The van der Waals surface area contributed by atoms with Gasteiger partial charge in [0.1, 0.15) is 11.6 Å². The standard InChI is InChI=1S/C21H20N2O4/c1-25-18-11-14(12-19(26-2)20(18)27-3)10-16(13-22)21(24)23-9-8-15-6-4-5-7-17(15)23/h4-7,10-12H,8-9H2,1-3H3/b16-10+. The van der Waals surface area contributed by atoms with Crippen LogP contribution >= 0.6 is 0 Å². The van der Waals surface area contributed by atoms with Crippen molar-refractivity contribution in [1.82, 2.24) is 0 Å². The third-order valence-corrected chi connectivity index (χ3v) is 4.48. The molecule has 0 aromatic heterocycles. The number of para-hydroxylation sites is 1. The van der Waals surface area contributed by atoms with Gasteiger partial charge in [0.2, 0.25) is 5.75 Å². The predicted octanol–water partition coefficient (Wildman–Crippen LogP) is 3.21. The molecule has 0 saturated heterocycles. The Balaban J connectivity index is 1.98. The number of nitriles is 1. The largest absolute Gasteiger partial charge is 0.493 e. The van der Waals surface area contributed by atoms with E-state index in [0.29, 0.717) is 29.4 Å². The summed E-state index contributed by atoms with van der Waals surface area (Å²) in [5.41, 5.74) is 2.62. The van der Waals surface area contributed by atoms with Crippen molar-refractivity contribution in [2.24, 2.45) is 0 Å². The number of hydrogen-bond donors (Lipinski definition) is 0. The van der Waals surface area contributed by atoms with Gasteiger partial charge in [-0.2, -0.15) is 5.26 Å². The molecule has 6 heteroatoms. The molecule has 0 saturated carbocycles. The number of anilines is 1. The highest BCUT2D eigenvalue weighted by Gasteiger charge is 2.26. The number of carbonyl (C=O) groups excluding carboxylic acids is 1. The van der Waals surface area contributed by atoms with Gasteiger partial charge in [-0.3, -0.25) is 4.79 Å². The molecule has 6 nitrogen and oxygen atoms in total. The van der Waals surface area contributed by atoms with E-state index >= 15 is 0 Å². The van der Waals surface area contributed by atoms with Gasteiger partial charge < -0.3 is 19.1 Å². The van der Waals surface area contributed by atoms with E-state index in [4.69, 9.17) is 14.2 Å². The lowest BCUT2D eigenvalue weighted by atomic mass is 10.1. The lowest BCUT2D eigenvalue weighted by Crippen LogP contribution is -2.29. The maximum Gasteiger partial charge on any atom is 0.268 e. The SMILES string of the molecule is COc1cc(/C=C(\C#N)C(=O)N2CCc3ccccc32)cc(OC)c1OC. The minimum Gasteiger partial charge on any atom is -0.493 e. The van der Waals surface area contributed by atoms with Crippen molar-refractivity contribution in [2.75, 3.05) is 32.8 Å². The average molecular weight is 364 g/mol. The first kappa shape index (κ1) is 18.3. The maximum atomic E-state index is 12.9. The summed E-state index contributed by atoms with van der Waals surface area (Å²) < 4.78 is 16.0. The average Bonchev–Trinajstić information content (AvgIpc) is 3.14. The van der Waals surface area contributed by atoms with Gasteiger partial charge in [0.25, 0.3) is 5.91 Å². The second-order valence-corrected chi connectivity index (χ2v) is 5.96. The van der Waals surface area contributed by atoms with Gasteiger partial charge in [0.15, 0.2) is 11.5 Å². The Morgan fingerprint density at radius 2 is 1.78 bits per heavy atom. The molecule has 0 aliphatic carbocycles. The van der Waals surface area contributed by atoms with E-state index in [-0.39, 0.29) is 11.5 Å². The molecule has 2 aromatic rings. The molecule has 138 valence electrons. The summed E-state index contributed by atoms with van der Waals surface area (Å²) in [6.45, 7) is 0.562. The first-order chi connectivity index (χ1) is 13.1. The third-order valence-electron chi connectivity index (χ3n) is 4.48. The molecule has 3 rings (SSSR count). The minimum absolute atomic E-state index is 0.0426. The zero-order valence-corrected chi connectivity index (χ0v) is 15.5. The second kappa shape index (κ2) is 7.83.